The average molecular weight is 975 g/mol. The number of carbonyl (C=O) groups excluding carboxylic acids is 6. The van der Waals surface area contributed by atoms with Gasteiger partial charge in [0.05, 0.1) is 56.4 Å². The van der Waals surface area contributed by atoms with Crippen LogP contribution < -0.4 is 21.1 Å². The summed E-state index contributed by atoms with van der Waals surface area (Å²) in [6, 6.07) is 12.0. The monoisotopic (exact) mass is 975 g/mol. The standard InChI is InChI=1S/C54H82N6O10/c1-10-35(4)48(45(67-7)32-46(62)60-27-18-21-44(60)50(68-8)36(5)51(63)56-43(54(66)69-9)29-37-19-14-13-15-20-37)58(6)53(65)47(34(2)3)57-52(64)49-38-22-24-40(30-38)59(49)26-16-11-12-17-28-70-41-25-23-39(33-61)42(55)31-41/h13-15,19-20,23,25,31,33-36,38,40,43-45,47-50H,10-12,16-18,21-22,24,26-30,32,55H2,1-9H3,(H,56,63)(H,57,64)/t35-,36+,38?,40-,43-,44-,45+,47-,48-,49-,50+/m0/s1. The lowest BCUT2D eigenvalue weighted by Gasteiger charge is -2.41. The summed E-state index contributed by atoms with van der Waals surface area (Å²) in [5.74, 6) is -1.52. The molecule has 2 aromatic carbocycles. The summed E-state index contributed by atoms with van der Waals surface area (Å²) in [5.41, 5.74) is 7.64. The smallest absolute Gasteiger partial charge is 0.328 e. The van der Waals surface area contributed by atoms with Gasteiger partial charge in [-0.1, -0.05) is 84.2 Å². The molecule has 1 unspecified atom stereocenters. The van der Waals surface area contributed by atoms with E-state index in [1.165, 1.54) is 14.2 Å². The highest BCUT2D eigenvalue weighted by molar-refractivity contribution is 5.91. The van der Waals surface area contributed by atoms with Crippen molar-refractivity contribution in [3.63, 3.8) is 0 Å². The number of rotatable bonds is 28. The summed E-state index contributed by atoms with van der Waals surface area (Å²) in [5, 5.41) is 6.10. The lowest BCUT2D eigenvalue weighted by molar-refractivity contribution is -0.149. The van der Waals surface area contributed by atoms with Crippen LogP contribution in [-0.4, -0.2) is 147 Å². The summed E-state index contributed by atoms with van der Waals surface area (Å²) in [4.78, 5) is 87.0. The zero-order valence-corrected chi connectivity index (χ0v) is 43.2. The number of aldehydes is 1. The predicted octanol–water partition coefficient (Wildman–Crippen LogP) is 5.84. The van der Waals surface area contributed by atoms with Crippen molar-refractivity contribution < 1.29 is 47.7 Å². The van der Waals surface area contributed by atoms with Gasteiger partial charge in [0.2, 0.25) is 23.6 Å². The van der Waals surface area contributed by atoms with E-state index in [0.29, 0.717) is 42.6 Å². The minimum atomic E-state index is -0.903. The number of nitrogens with zero attached hydrogens (tertiary/aromatic N) is 3. The van der Waals surface area contributed by atoms with E-state index >= 15 is 0 Å². The molecule has 3 aliphatic rings. The van der Waals surface area contributed by atoms with Crippen molar-refractivity contribution in [3.05, 3.63) is 59.7 Å². The van der Waals surface area contributed by atoms with Crippen LogP contribution in [0.1, 0.15) is 121 Å². The molecule has 5 rings (SSSR count). The molecule has 2 heterocycles. The number of unbranched alkanes of at least 4 members (excludes halogenated alkanes) is 3. The SMILES string of the molecule is CC[C@H](C)[C@@H]([C@@H](CC(=O)N1CCC[C@H]1[C@H](OC)[C@@H](C)C(=O)N[C@@H](Cc1ccccc1)C(=O)OC)OC)N(C)C(=O)[C@@H](NC(=O)[C@@H]1C2CC[C@@H](C2)N1CCCCCCOc1ccc(C=O)c(N)c1)C(C)C. The second-order valence-corrected chi connectivity index (χ2v) is 20.2. The molecule has 0 spiro atoms. The first kappa shape index (κ1) is 55.9. The van der Waals surface area contributed by atoms with Gasteiger partial charge in [0.15, 0.2) is 6.29 Å². The van der Waals surface area contributed by atoms with Crippen molar-refractivity contribution in [1.82, 2.24) is 25.3 Å². The Balaban J connectivity index is 1.19. The Morgan fingerprint density at radius 3 is 2.29 bits per heavy atom. The number of nitrogen functional groups attached to an aromatic ring is 1. The number of nitrogens with two attached hydrogens (primary N) is 1. The summed E-state index contributed by atoms with van der Waals surface area (Å²) >= 11 is 0. The van der Waals surface area contributed by atoms with E-state index in [1.54, 1.807) is 49.1 Å². The van der Waals surface area contributed by atoms with E-state index in [-0.39, 0.29) is 60.3 Å². The molecule has 1 saturated carbocycles. The van der Waals surface area contributed by atoms with Crippen LogP contribution >= 0.6 is 0 Å². The second kappa shape index (κ2) is 27.0. The van der Waals surface area contributed by atoms with E-state index < -0.39 is 48.3 Å². The number of esters is 1. The Morgan fingerprint density at radius 1 is 0.914 bits per heavy atom. The zero-order valence-electron chi connectivity index (χ0n) is 43.2. The van der Waals surface area contributed by atoms with E-state index in [9.17, 15) is 28.8 Å². The third-order valence-electron chi connectivity index (χ3n) is 15.3. The van der Waals surface area contributed by atoms with Crippen LogP contribution in [0.3, 0.4) is 0 Å². The van der Waals surface area contributed by atoms with Crippen LogP contribution in [0.5, 0.6) is 5.75 Å². The number of anilines is 1. The van der Waals surface area contributed by atoms with E-state index in [1.807, 2.05) is 51.1 Å². The highest BCUT2D eigenvalue weighted by Gasteiger charge is 2.50. The van der Waals surface area contributed by atoms with Crippen LogP contribution in [0, 0.1) is 23.7 Å². The molecule has 4 N–H and O–H groups in total. The Labute approximate surface area is 416 Å². The quantitative estimate of drug-likeness (QED) is 0.0400. The molecule has 1 aliphatic carbocycles. The van der Waals surface area contributed by atoms with Crippen LogP contribution in [0.15, 0.2) is 48.5 Å². The van der Waals surface area contributed by atoms with Crippen molar-refractivity contribution in [2.75, 3.05) is 53.8 Å². The molecule has 4 amide bonds. The van der Waals surface area contributed by atoms with Gasteiger partial charge in [-0.25, -0.2) is 4.79 Å². The first-order valence-electron chi connectivity index (χ1n) is 25.7. The number of likely N-dealkylation sites (N-methyl/N-ethyl adjacent to an activating group) is 1. The lowest BCUT2D eigenvalue weighted by atomic mass is 9.89. The Bertz CT molecular complexity index is 2040. The third-order valence-corrected chi connectivity index (χ3v) is 15.3. The van der Waals surface area contributed by atoms with Crippen LogP contribution in [-0.2, 0) is 44.6 Å². The van der Waals surface area contributed by atoms with Gasteiger partial charge in [0.1, 0.15) is 17.8 Å². The van der Waals surface area contributed by atoms with Gasteiger partial charge < -0.3 is 45.1 Å². The molecular weight excluding hydrogens is 893 g/mol. The first-order valence-corrected chi connectivity index (χ1v) is 25.7. The minimum Gasteiger partial charge on any atom is -0.494 e. The largest absolute Gasteiger partial charge is 0.494 e. The van der Waals surface area contributed by atoms with Gasteiger partial charge in [-0.15, -0.1) is 0 Å². The molecular formula is C54H82N6O10. The molecule has 2 aromatic rings. The molecule has 2 bridgehead atoms. The number of piperidine rings is 1. The molecule has 2 aliphatic heterocycles. The molecule has 0 aromatic heterocycles. The van der Waals surface area contributed by atoms with E-state index in [2.05, 4.69) is 22.5 Å². The molecule has 70 heavy (non-hydrogen) atoms. The maximum absolute atomic E-state index is 14.7. The van der Waals surface area contributed by atoms with Crippen LogP contribution in [0.25, 0.3) is 0 Å². The van der Waals surface area contributed by atoms with Gasteiger partial charge in [-0.3, -0.25) is 28.9 Å². The zero-order chi connectivity index (χ0) is 51.1. The molecule has 388 valence electrons. The van der Waals surface area contributed by atoms with E-state index in [0.717, 1.165) is 76.2 Å². The number of hydrogen-bond donors (Lipinski definition) is 3. The molecule has 16 nitrogen and oxygen atoms in total. The van der Waals surface area contributed by atoms with Crippen LogP contribution in [0.4, 0.5) is 5.69 Å². The van der Waals surface area contributed by atoms with Crippen LogP contribution in [0.2, 0.25) is 0 Å². The Hall–Kier alpha value is -5.06. The Morgan fingerprint density at radius 2 is 1.64 bits per heavy atom. The minimum absolute atomic E-state index is 0.00461. The van der Waals surface area contributed by atoms with Gasteiger partial charge >= 0.3 is 5.97 Å². The van der Waals surface area contributed by atoms with Gasteiger partial charge in [0, 0.05) is 57.6 Å². The second-order valence-electron chi connectivity index (χ2n) is 20.2. The van der Waals surface area contributed by atoms with Crippen molar-refractivity contribution in [1.29, 1.82) is 0 Å². The predicted molar refractivity (Wildman–Crippen MR) is 269 cm³/mol. The molecule has 16 heteroatoms. The summed E-state index contributed by atoms with van der Waals surface area (Å²) in [7, 11) is 6.15. The lowest BCUT2D eigenvalue weighted by Crippen LogP contribution is -2.60. The maximum atomic E-state index is 14.7. The van der Waals surface area contributed by atoms with Gasteiger partial charge in [-0.2, -0.15) is 0 Å². The van der Waals surface area contributed by atoms with Crippen molar-refractivity contribution in [3.8, 4) is 5.75 Å². The number of benzene rings is 2. The van der Waals surface area contributed by atoms with Gasteiger partial charge in [0.25, 0.3) is 0 Å². The number of carbonyl (C=O) groups is 6. The highest BCUT2D eigenvalue weighted by atomic mass is 16.5. The number of likely N-dealkylation sites (tertiary alicyclic amines) is 2. The van der Waals surface area contributed by atoms with Crippen molar-refractivity contribution in [2.24, 2.45) is 23.7 Å². The summed E-state index contributed by atoms with van der Waals surface area (Å²) in [6.07, 6.45) is 8.56. The normalized spacial score (nSPS) is 21.8. The van der Waals surface area contributed by atoms with Crippen molar-refractivity contribution >= 4 is 41.6 Å². The highest BCUT2D eigenvalue weighted by Crippen LogP contribution is 2.43. The number of hydrogen-bond acceptors (Lipinski definition) is 12. The third kappa shape index (κ3) is 14.1. The number of amides is 4. The molecule has 11 atom stereocenters. The summed E-state index contributed by atoms with van der Waals surface area (Å²) < 4.78 is 23.0. The number of methoxy groups -OCH3 is 3. The molecule has 2 saturated heterocycles. The fourth-order valence-electron chi connectivity index (χ4n) is 11.2. The topological polar surface area (TPSA) is 199 Å². The fourth-order valence-corrected chi connectivity index (χ4v) is 11.2. The van der Waals surface area contributed by atoms with Crippen molar-refractivity contribution in [2.45, 2.75) is 160 Å². The van der Waals surface area contributed by atoms with E-state index in [4.69, 9.17) is 24.7 Å². The average Bonchev–Trinajstić information content (AvgIpc) is 4.13. The molecule has 0 radical (unpaired) electrons. The number of nitrogens with one attached hydrogen (secondary N) is 2. The van der Waals surface area contributed by atoms with Gasteiger partial charge in [-0.05, 0) is 86.9 Å². The Kier molecular flexibility index (Phi) is 21.5. The number of ether oxygens (including phenoxy) is 4. The fraction of sp³-hybridized carbons (Fsp3) is 0.667. The number of fused-ring (bicyclic) bond motifs is 2. The molecule has 3 fully saturated rings. The maximum Gasteiger partial charge on any atom is 0.328 e. The summed E-state index contributed by atoms with van der Waals surface area (Å²) in [6.45, 7) is 11.6. The first-order chi connectivity index (χ1) is 33.6.